The van der Waals surface area contributed by atoms with E-state index in [1.54, 1.807) is 0 Å². The lowest BCUT2D eigenvalue weighted by Crippen LogP contribution is -2.32. The molecule has 0 aromatic rings. The molecule has 0 amide bonds. The van der Waals surface area contributed by atoms with Crippen molar-refractivity contribution in [3.05, 3.63) is 0 Å². The summed E-state index contributed by atoms with van der Waals surface area (Å²) in [6, 6.07) is 0. The lowest BCUT2D eigenvalue weighted by molar-refractivity contribution is -0.149. The van der Waals surface area contributed by atoms with Crippen LogP contribution in [0.2, 0.25) is 0 Å². The van der Waals surface area contributed by atoms with Crippen LogP contribution in [0.4, 0.5) is 0 Å². The van der Waals surface area contributed by atoms with Crippen molar-refractivity contribution in [3.63, 3.8) is 0 Å². The van der Waals surface area contributed by atoms with Crippen LogP contribution < -0.4 is 0 Å². The Balaban J connectivity index is 3.73. The van der Waals surface area contributed by atoms with Crippen molar-refractivity contribution in [2.45, 2.75) is 46.6 Å². The van der Waals surface area contributed by atoms with Gasteiger partial charge in [-0.15, -0.1) is 0 Å². The predicted molar refractivity (Wildman–Crippen MR) is 58.3 cm³/mol. The van der Waals surface area contributed by atoms with Crippen molar-refractivity contribution in [2.75, 3.05) is 19.6 Å². The summed E-state index contributed by atoms with van der Waals surface area (Å²) < 4.78 is 5.24. The van der Waals surface area contributed by atoms with Crippen LogP contribution in [-0.4, -0.2) is 36.6 Å². The van der Waals surface area contributed by atoms with Crippen LogP contribution in [0.5, 0.6) is 0 Å². The van der Waals surface area contributed by atoms with Gasteiger partial charge in [0.1, 0.15) is 0 Å². The number of nitrogens with zero attached hydrogens (tertiary/aromatic N) is 1. The van der Waals surface area contributed by atoms with Crippen molar-refractivity contribution in [2.24, 2.45) is 0 Å². The van der Waals surface area contributed by atoms with Crippen LogP contribution in [0.25, 0.3) is 0 Å². The molecule has 0 N–H and O–H groups in total. The van der Waals surface area contributed by atoms with Gasteiger partial charge in [-0.25, -0.2) is 0 Å². The summed E-state index contributed by atoms with van der Waals surface area (Å²) in [5.41, 5.74) is 0. The van der Waals surface area contributed by atoms with Crippen LogP contribution in [0.1, 0.15) is 40.5 Å². The second-order valence-electron chi connectivity index (χ2n) is 3.55. The molecule has 0 saturated heterocycles. The van der Waals surface area contributed by atoms with Gasteiger partial charge < -0.3 is 4.74 Å². The van der Waals surface area contributed by atoms with Crippen LogP contribution in [0, 0.1) is 0 Å². The first-order valence-corrected chi connectivity index (χ1v) is 5.55. The van der Waals surface area contributed by atoms with Crippen molar-refractivity contribution in [1.82, 2.24) is 4.90 Å². The van der Waals surface area contributed by atoms with E-state index in [4.69, 9.17) is 4.74 Å². The largest absolute Gasteiger partial charge is 0.462 e. The third-order valence-corrected chi connectivity index (χ3v) is 2.27. The zero-order chi connectivity index (χ0) is 11.0. The normalized spacial score (nSPS) is 12.9. The fourth-order valence-corrected chi connectivity index (χ4v) is 1.36. The highest BCUT2D eigenvalue weighted by Crippen LogP contribution is 2.01. The predicted octanol–water partition coefficient (Wildman–Crippen LogP) is 2.06. The number of ether oxygens (including phenoxy) is 1. The first-order chi connectivity index (χ1) is 6.63. The number of hydrogen-bond acceptors (Lipinski definition) is 3. The van der Waals surface area contributed by atoms with E-state index in [0.29, 0.717) is 6.54 Å². The van der Waals surface area contributed by atoms with E-state index in [1.165, 1.54) is 0 Å². The third-order valence-electron chi connectivity index (χ3n) is 2.27. The van der Waals surface area contributed by atoms with E-state index < -0.39 is 0 Å². The molecule has 0 aliphatic carbocycles. The molecule has 0 bridgehead atoms. The van der Waals surface area contributed by atoms with Crippen LogP contribution in [0.3, 0.4) is 0 Å². The molecule has 0 heterocycles. The number of hydrogen-bond donors (Lipinski definition) is 0. The van der Waals surface area contributed by atoms with Gasteiger partial charge >= 0.3 is 5.97 Å². The summed E-state index contributed by atoms with van der Waals surface area (Å²) in [6.07, 6.45) is 2.06. The molecule has 3 nitrogen and oxygen atoms in total. The highest BCUT2D eigenvalue weighted by Gasteiger charge is 2.11. The summed E-state index contributed by atoms with van der Waals surface area (Å²) in [6.45, 7) is 10.3. The first-order valence-electron chi connectivity index (χ1n) is 5.55. The van der Waals surface area contributed by atoms with Gasteiger partial charge in [0.05, 0.1) is 12.6 Å². The minimum atomic E-state index is -0.102. The lowest BCUT2D eigenvalue weighted by Gasteiger charge is -2.18. The number of carbonyl (C=O) groups is 1. The van der Waals surface area contributed by atoms with E-state index in [1.807, 2.05) is 20.8 Å². The summed E-state index contributed by atoms with van der Waals surface area (Å²) in [7, 11) is 0. The zero-order valence-electron chi connectivity index (χ0n) is 9.88. The quantitative estimate of drug-likeness (QED) is 0.590. The van der Waals surface area contributed by atoms with Gasteiger partial charge in [-0.05, 0) is 26.4 Å². The summed E-state index contributed by atoms with van der Waals surface area (Å²) in [5.74, 6) is -0.102. The molecule has 0 aliphatic heterocycles. The molecule has 14 heavy (non-hydrogen) atoms. The van der Waals surface area contributed by atoms with E-state index in [2.05, 4.69) is 11.8 Å². The Bertz CT molecular complexity index is 155. The molecule has 0 radical (unpaired) electrons. The SMILES string of the molecule is CCCC(C)OC(=O)CN(CC)CC. The third kappa shape index (κ3) is 5.97. The van der Waals surface area contributed by atoms with E-state index in [-0.39, 0.29) is 12.1 Å². The standard InChI is InChI=1S/C11H23NO2/c1-5-8-10(4)14-11(13)9-12(6-2)7-3/h10H,5-9H2,1-4H3. The topological polar surface area (TPSA) is 29.5 Å². The minimum Gasteiger partial charge on any atom is -0.462 e. The van der Waals surface area contributed by atoms with Gasteiger partial charge in [-0.1, -0.05) is 27.2 Å². The number of esters is 1. The maximum Gasteiger partial charge on any atom is 0.320 e. The number of carbonyl (C=O) groups excluding carboxylic acids is 1. The highest BCUT2D eigenvalue weighted by atomic mass is 16.5. The molecule has 0 aliphatic rings. The smallest absolute Gasteiger partial charge is 0.320 e. The Morgan fingerprint density at radius 2 is 1.86 bits per heavy atom. The van der Waals surface area contributed by atoms with Crippen LogP contribution >= 0.6 is 0 Å². The van der Waals surface area contributed by atoms with Gasteiger partial charge in [0.25, 0.3) is 0 Å². The fourth-order valence-electron chi connectivity index (χ4n) is 1.36. The number of rotatable bonds is 7. The number of likely N-dealkylation sites (N-methyl/N-ethyl adjacent to an activating group) is 1. The first kappa shape index (κ1) is 13.4. The summed E-state index contributed by atoms with van der Waals surface area (Å²) >= 11 is 0. The second kappa shape index (κ2) is 7.80. The fraction of sp³-hybridized carbons (Fsp3) is 0.909. The Morgan fingerprint density at radius 1 is 1.29 bits per heavy atom. The second-order valence-corrected chi connectivity index (χ2v) is 3.55. The molecule has 0 aromatic heterocycles. The Labute approximate surface area is 87.4 Å². The molecular weight excluding hydrogens is 178 g/mol. The van der Waals surface area contributed by atoms with Gasteiger partial charge in [-0.3, -0.25) is 9.69 Å². The van der Waals surface area contributed by atoms with Crippen LogP contribution in [0.15, 0.2) is 0 Å². The Morgan fingerprint density at radius 3 is 2.29 bits per heavy atom. The summed E-state index contributed by atoms with van der Waals surface area (Å²) in [4.78, 5) is 13.4. The molecule has 1 unspecified atom stereocenters. The molecule has 3 heteroatoms. The monoisotopic (exact) mass is 201 g/mol. The van der Waals surface area contributed by atoms with Gasteiger partial charge in [0.15, 0.2) is 0 Å². The molecule has 0 fully saturated rings. The lowest BCUT2D eigenvalue weighted by atomic mass is 10.2. The van der Waals surface area contributed by atoms with E-state index in [0.717, 1.165) is 25.9 Å². The molecule has 84 valence electrons. The van der Waals surface area contributed by atoms with E-state index in [9.17, 15) is 4.79 Å². The average Bonchev–Trinajstić information content (AvgIpc) is 2.14. The maximum absolute atomic E-state index is 11.4. The minimum absolute atomic E-state index is 0.0584. The molecule has 1 atom stereocenters. The molecular formula is C11H23NO2. The molecule has 0 saturated carbocycles. The molecule has 0 rings (SSSR count). The van der Waals surface area contributed by atoms with Crippen molar-refractivity contribution in [1.29, 1.82) is 0 Å². The van der Waals surface area contributed by atoms with Gasteiger partial charge in [0, 0.05) is 0 Å². The Kier molecular flexibility index (Phi) is 7.48. The average molecular weight is 201 g/mol. The van der Waals surface area contributed by atoms with Crippen molar-refractivity contribution >= 4 is 5.97 Å². The zero-order valence-corrected chi connectivity index (χ0v) is 9.88. The van der Waals surface area contributed by atoms with Crippen molar-refractivity contribution in [3.8, 4) is 0 Å². The molecule has 0 spiro atoms. The highest BCUT2D eigenvalue weighted by molar-refractivity contribution is 5.71. The molecule has 0 aromatic carbocycles. The summed E-state index contributed by atoms with van der Waals surface area (Å²) in [5, 5.41) is 0. The maximum atomic E-state index is 11.4. The van der Waals surface area contributed by atoms with Gasteiger partial charge in [-0.2, -0.15) is 0 Å². The van der Waals surface area contributed by atoms with E-state index >= 15 is 0 Å². The van der Waals surface area contributed by atoms with Crippen molar-refractivity contribution < 1.29 is 9.53 Å². The Hall–Kier alpha value is -0.570. The van der Waals surface area contributed by atoms with Gasteiger partial charge in [0.2, 0.25) is 0 Å². The van der Waals surface area contributed by atoms with Crippen LogP contribution in [-0.2, 0) is 9.53 Å².